The SMILES string of the molecule is COC1(CNS(=O)(=O)C2CC2)CCSCC1. The van der Waals surface area contributed by atoms with E-state index in [1.54, 1.807) is 7.11 Å². The molecule has 1 saturated carbocycles. The highest BCUT2D eigenvalue weighted by atomic mass is 32.2. The van der Waals surface area contributed by atoms with Gasteiger partial charge >= 0.3 is 0 Å². The highest BCUT2D eigenvalue weighted by molar-refractivity contribution is 7.99. The molecule has 0 aromatic heterocycles. The predicted molar refractivity (Wildman–Crippen MR) is 66.2 cm³/mol. The predicted octanol–water partition coefficient (Wildman–Crippen LogP) is 0.980. The van der Waals surface area contributed by atoms with E-state index in [2.05, 4.69) is 4.72 Å². The average Bonchev–Trinajstić information content (AvgIpc) is 3.12. The van der Waals surface area contributed by atoms with Crippen LogP contribution in [0.25, 0.3) is 0 Å². The van der Waals surface area contributed by atoms with Gasteiger partial charge in [0, 0.05) is 13.7 Å². The van der Waals surface area contributed by atoms with Crippen LogP contribution in [0.15, 0.2) is 0 Å². The molecule has 0 bridgehead atoms. The summed E-state index contributed by atoms with van der Waals surface area (Å²) in [6.07, 6.45) is 3.49. The Kier molecular flexibility index (Phi) is 3.83. The fourth-order valence-corrected chi connectivity index (χ4v) is 4.62. The third-order valence-corrected chi connectivity index (χ3v) is 6.28. The van der Waals surface area contributed by atoms with Crippen LogP contribution in [0.5, 0.6) is 0 Å². The maximum atomic E-state index is 11.7. The molecule has 0 atom stereocenters. The summed E-state index contributed by atoms with van der Waals surface area (Å²) in [6, 6.07) is 0. The van der Waals surface area contributed by atoms with E-state index in [0.29, 0.717) is 6.54 Å². The van der Waals surface area contributed by atoms with Crippen molar-refractivity contribution in [3.63, 3.8) is 0 Å². The highest BCUT2D eigenvalue weighted by Crippen LogP contribution is 2.31. The fourth-order valence-electron chi connectivity index (χ4n) is 1.92. The van der Waals surface area contributed by atoms with Gasteiger partial charge in [-0.2, -0.15) is 11.8 Å². The Balaban J connectivity index is 1.91. The normalized spacial score (nSPS) is 25.6. The molecule has 0 radical (unpaired) electrons. The van der Waals surface area contributed by atoms with Gasteiger partial charge in [-0.3, -0.25) is 0 Å². The molecule has 0 aromatic carbocycles. The molecule has 1 N–H and O–H groups in total. The van der Waals surface area contributed by atoms with Crippen LogP contribution in [0.1, 0.15) is 25.7 Å². The highest BCUT2D eigenvalue weighted by Gasteiger charge is 2.39. The van der Waals surface area contributed by atoms with E-state index in [4.69, 9.17) is 4.74 Å². The van der Waals surface area contributed by atoms with Gasteiger partial charge in [0.1, 0.15) is 0 Å². The zero-order chi connectivity index (χ0) is 11.6. The molecule has 2 rings (SSSR count). The molecule has 1 heterocycles. The Morgan fingerprint density at radius 1 is 1.38 bits per heavy atom. The maximum Gasteiger partial charge on any atom is 0.214 e. The van der Waals surface area contributed by atoms with Crippen LogP contribution in [0.2, 0.25) is 0 Å². The van der Waals surface area contributed by atoms with Crippen molar-refractivity contribution < 1.29 is 13.2 Å². The van der Waals surface area contributed by atoms with Gasteiger partial charge < -0.3 is 4.74 Å². The molecular weight excluding hydrogens is 246 g/mol. The van der Waals surface area contributed by atoms with E-state index in [1.165, 1.54) is 0 Å². The van der Waals surface area contributed by atoms with E-state index in [0.717, 1.165) is 37.2 Å². The first-order valence-corrected chi connectivity index (χ1v) is 8.39. The first-order chi connectivity index (χ1) is 7.58. The molecule has 0 unspecified atom stereocenters. The summed E-state index contributed by atoms with van der Waals surface area (Å²) in [6.45, 7) is 0.433. The molecule has 2 fully saturated rings. The van der Waals surface area contributed by atoms with Gasteiger partial charge in [0.2, 0.25) is 10.0 Å². The van der Waals surface area contributed by atoms with Crippen molar-refractivity contribution in [1.29, 1.82) is 0 Å². The molecule has 94 valence electrons. The van der Waals surface area contributed by atoms with Gasteiger partial charge in [-0.1, -0.05) is 0 Å². The molecule has 1 saturated heterocycles. The van der Waals surface area contributed by atoms with E-state index >= 15 is 0 Å². The first-order valence-electron chi connectivity index (χ1n) is 5.69. The maximum absolute atomic E-state index is 11.7. The molecular formula is C10H19NO3S2. The number of hydrogen-bond donors (Lipinski definition) is 1. The van der Waals surface area contributed by atoms with Gasteiger partial charge in [0.15, 0.2) is 0 Å². The van der Waals surface area contributed by atoms with Crippen molar-refractivity contribution in [1.82, 2.24) is 4.72 Å². The van der Waals surface area contributed by atoms with Crippen LogP contribution in [0.4, 0.5) is 0 Å². The van der Waals surface area contributed by atoms with E-state index in [1.807, 2.05) is 11.8 Å². The first kappa shape index (κ1) is 12.7. The van der Waals surface area contributed by atoms with Crippen LogP contribution in [-0.2, 0) is 14.8 Å². The summed E-state index contributed by atoms with van der Waals surface area (Å²) in [4.78, 5) is 0. The number of nitrogens with one attached hydrogen (secondary N) is 1. The van der Waals surface area contributed by atoms with Crippen molar-refractivity contribution >= 4 is 21.8 Å². The van der Waals surface area contributed by atoms with Crippen molar-refractivity contribution in [2.45, 2.75) is 36.5 Å². The summed E-state index contributed by atoms with van der Waals surface area (Å²) in [5.41, 5.74) is -0.271. The van der Waals surface area contributed by atoms with Crippen molar-refractivity contribution in [2.24, 2.45) is 0 Å². The lowest BCUT2D eigenvalue weighted by Gasteiger charge is -2.35. The van der Waals surface area contributed by atoms with Crippen LogP contribution >= 0.6 is 11.8 Å². The minimum atomic E-state index is -3.07. The molecule has 2 aliphatic rings. The van der Waals surface area contributed by atoms with Crippen LogP contribution in [0.3, 0.4) is 0 Å². The zero-order valence-electron chi connectivity index (χ0n) is 9.57. The Morgan fingerprint density at radius 2 is 2.00 bits per heavy atom. The monoisotopic (exact) mass is 265 g/mol. The Bertz CT molecular complexity index is 332. The standard InChI is InChI=1S/C10H19NO3S2/c1-14-10(4-6-15-7-5-10)8-11-16(12,13)9-2-3-9/h9,11H,2-8H2,1H3. The minimum absolute atomic E-state index is 0.139. The van der Waals surface area contributed by atoms with Gasteiger partial charge in [-0.25, -0.2) is 13.1 Å². The number of sulfonamides is 1. The molecule has 0 aromatic rings. The van der Waals surface area contributed by atoms with Crippen LogP contribution < -0.4 is 4.72 Å². The Morgan fingerprint density at radius 3 is 2.50 bits per heavy atom. The van der Waals surface area contributed by atoms with E-state index < -0.39 is 10.0 Å². The fraction of sp³-hybridized carbons (Fsp3) is 1.00. The van der Waals surface area contributed by atoms with Crippen molar-refractivity contribution in [2.75, 3.05) is 25.2 Å². The lowest BCUT2D eigenvalue weighted by Crippen LogP contribution is -2.47. The number of ether oxygens (including phenoxy) is 1. The van der Waals surface area contributed by atoms with E-state index in [9.17, 15) is 8.42 Å². The van der Waals surface area contributed by atoms with E-state index in [-0.39, 0.29) is 10.9 Å². The molecule has 16 heavy (non-hydrogen) atoms. The smallest absolute Gasteiger partial charge is 0.214 e. The topological polar surface area (TPSA) is 55.4 Å². The lowest BCUT2D eigenvalue weighted by molar-refractivity contribution is -0.0119. The molecule has 0 amide bonds. The third-order valence-electron chi connectivity index (χ3n) is 3.40. The second kappa shape index (κ2) is 4.84. The summed E-state index contributed by atoms with van der Waals surface area (Å²) in [5, 5.41) is -0.139. The average molecular weight is 265 g/mol. The van der Waals surface area contributed by atoms with Crippen LogP contribution in [-0.4, -0.2) is 44.4 Å². The van der Waals surface area contributed by atoms with Crippen LogP contribution in [0, 0.1) is 0 Å². The summed E-state index contributed by atoms with van der Waals surface area (Å²) >= 11 is 1.91. The lowest BCUT2D eigenvalue weighted by atomic mass is 9.97. The van der Waals surface area contributed by atoms with Crippen molar-refractivity contribution in [3.05, 3.63) is 0 Å². The molecule has 0 spiro atoms. The Hall–Kier alpha value is 0.220. The molecule has 1 aliphatic carbocycles. The number of methoxy groups -OCH3 is 1. The van der Waals surface area contributed by atoms with Crippen molar-refractivity contribution in [3.8, 4) is 0 Å². The second-order valence-corrected chi connectivity index (χ2v) is 7.84. The van der Waals surface area contributed by atoms with Gasteiger partial charge in [-0.15, -0.1) is 0 Å². The summed E-state index contributed by atoms with van der Waals surface area (Å²) in [7, 11) is -1.39. The number of thioether (sulfide) groups is 1. The summed E-state index contributed by atoms with van der Waals surface area (Å²) in [5.74, 6) is 2.11. The molecule has 4 nitrogen and oxygen atoms in total. The Labute approximate surface area is 102 Å². The minimum Gasteiger partial charge on any atom is -0.377 e. The van der Waals surface area contributed by atoms with Gasteiger partial charge in [-0.05, 0) is 37.2 Å². The van der Waals surface area contributed by atoms with Gasteiger partial charge in [0.25, 0.3) is 0 Å². The number of hydrogen-bond acceptors (Lipinski definition) is 4. The summed E-state index contributed by atoms with van der Waals surface area (Å²) < 4.78 is 31.7. The third kappa shape index (κ3) is 2.91. The second-order valence-electron chi connectivity index (χ2n) is 4.56. The van der Waals surface area contributed by atoms with Gasteiger partial charge in [0.05, 0.1) is 10.9 Å². The zero-order valence-corrected chi connectivity index (χ0v) is 11.2. The quantitative estimate of drug-likeness (QED) is 0.805. The number of rotatable bonds is 5. The molecule has 6 heteroatoms. The molecule has 1 aliphatic heterocycles. The largest absolute Gasteiger partial charge is 0.377 e.